The van der Waals surface area contributed by atoms with Crippen molar-refractivity contribution in [3.63, 3.8) is 0 Å². The van der Waals surface area contributed by atoms with Gasteiger partial charge >= 0.3 is 0 Å². The fourth-order valence-corrected chi connectivity index (χ4v) is 11.6. The Morgan fingerprint density at radius 2 is 1.11 bits per heavy atom. The molecule has 7 aromatic carbocycles. The van der Waals surface area contributed by atoms with Gasteiger partial charge in [0.05, 0.1) is 11.0 Å². The lowest BCUT2D eigenvalue weighted by Gasteiger charge is -2.50. The third-order valence-corrected chi connectivity index (χ3v) is 13.8. The van der Waals surface area contributed by atoms with Crippen molar-refractivity contribution in [3.05, 3.63) is 169 Å². The summed E-state index contributed by atoms with van der Waals surface area (Å²) < 4.78 is 8.57. The van der Waals surface area contributed by atoms with Crippen LogP contribution in [0.3, 0.4) is 0 Å². The first-order valence-corrected chi connectivity index (χ1v) is 21.9. The van der Waals surface area contributed by atoms with Crippen molar-refractivity contribution < 1.29 is 4.42 Å². The van der Waals surface area contributed by atoms with Gasteiger partial charge in [0.25, 0.3) is 0 Å². The van der Waals surface area contributed by atoms with Crippen LogP contribution in [-0.4, -0.2) is 19.5 Å². The number of hydrogen-bond donors (Lipinski definition) is 0. The molecular weight excluding hydrogens is 745 g/mol. The van der Waals surface area contributed by atoms with E-state index < -0.39 is 0 Å². The first kappa shape index (κ1) is 36.0. The van der Waals surface area contributed by atoms with Gasteiger partial charge in [-0.1, -0.05) is 129 Å². The zero-order chi connectivity index (χ0) is 40.7. The summed E-state index contributed by atoms with van der Waals surface area (Å²) in [6.45, 7) is 4.95. The average Bonchev–Trinajstić information content (AvgIpc) is 3.84. The predicted molar refractivity (Wildman–Crippen MR) is 250 cm³/mol. The summed E-state index contributed by atoms with van der Waals surface area (Å²) in [6.07, 6.45) is 6.74. The highest BCUT2D eigenvalue weighted by Crippen LogP contribution is 2.54. The standard InChI is InChI=1S/C56H46N4O/c1-35-28-37-29-36(2)33-56(32-35,34-37)42-24-20-38(21-25-42)44-17-11-18-48-52(44)46-26-22-41(31-49(46)60(48)43-14-7-4-8-15-43)55-58-53(39-12-5-3-6-13-39)57-54(59-55)40-23-27-51-47(30-40)45-16-9-10-19-50(45)61-51/h3-27,30-31,35-37H,28-29,32-34H2,1-2H3. The molecule has 2 saturated carbocycles. The highest BCUT2D eigenvalue weighted by atomic mass is 16.3. The molecule has 3 heterocycles. The normalized spacial score (nSPS) is 20.2. The molecule has 0 saturated heterocycles. The van der Waals surface area contributed by atoms with Gasteiger partial charge in [0.1, 0.15) is 11.2 Å². The number of nitrogens with zero attached hydrogens (tertiary/aromatic N) is 4. The van der Waals surface area contributed by atoms with Gasteiger partial charge in [-0.25, -0.2) is 15.0 Å². The van der Waals surface area contributed by atoms with E-state index in [4.69, 9.17) is 19.4 Å². The van der Waals surface area contributed by atoms with E-state index in [1.54, 1.807) is 0 Å². The van der Waals surface area contributed by atoms with E-state index in [1.165, 1.54) is 65.1 Å². The lowest BCUT2D eigenvalue weighted by atomic mass is 9.54. The molecule has 0 amide bonds. The fourth-order valence-electron chi connectivity index (χ4n) is 11.6. The molecule has 2 aliphatic rings. The van der Waals surface area contributed by atoms with Gasteiger partial charge in [-0.3, -0.25) is 0 Å². The fraction of sp³-hybridized carbons (Fsp3) is 0.196. The molecule has 0 spiro atoms. The van der Waals surface area contributed by atoms with Crippen molar-refractivity contribution in [1.82, 2.24) is 19.5 Å². The average molecular weight is 791 g/mol. The molecule has 0 aliphatic heterocycles. The Bertz CT molecular complexity index is 3250. The van der Waals surface area contributed by atoms with Crippen molar-refractivity contribution in [2.24, 2.45) is 17.8 Å². The molecule has 0 N–H and O–H groups in total. The number of para-hydroxylation sites is 2. The summed E-state index contributed by atoms with van der Waals surface area (Å²) in [7, 11) is 0. The van der Waals surface area contributed by atoms with Crippen LogP contribution in [0.5, 0.6) is 0 Å². The Kier molecular flexibility index (Phi) is 8.35. The Balaban J connectivity index is 1.02. The summed E-state index contributed by atoms with van der Waals surface area (Å²) >= 11 is 0. The van der Waals surface area contributed by atoms with Gasteiger partial charge in [-0.05, 0) is 120 Å². The van der Waals surface area contributed by atoms with Crippen molar-refractivity contribution in [1.29, 1.82) is 0 Å². The number of fused-ring (bicyclic) bond motifs is 8. The monoisotopic (exact) mass is 790 g/mol. The summed E-state index contributed by atoms with van der Waals surface area (Å²) in [6, 6.07) is 58.5. The number of furan rings is 1. The second kappa shape index (κ2) is 14.1. The molecule has 5 heteroatoms. The number of hydrogen-bond acceptors (Lipinski definition) is 4. The molecule has 5 nitrogen and oxygen atoms in total. The summed E-state index contributed by atoms with van der Waals surface area (Å²) in [4.78, 5) is 15.5. The van der Waals surface area contributed by atoms with Crippen LogP contribution < -0.4 is 0 Å². The Morgan fingerprint density at radius 3 is 1.87 bits per heavy atom. The highest BCUT2D eigenvalue weighted by Gasteiger charge is 2.45. The molecule has 2 bridgehead atoms. The molecule has 10 aromatic rings. The smallest absolute Gasteiger partial charge is 0.164 e. The van der Waals surface area contributed by atoms with Gasteiger partial charge < -0.3 is 8.98 Å². The highest BCUT2D eigenvalue weighted by molar-refractivity contribution is 6.16. The van der Waals surface area contributed by atoms with Crippen molar-refractivity contribution in [2.75, 3.05) is 0 Å². The van der Waals surface area contributed by atoms with Gasteiger partial charge in [-0.15, -0.1) is 0 Å². The summed E-state index contributed by atoms with van der Waals surface area (Å²) in [5.74, 6) is 4.30. The zero-order valence-electron chi connectivity index (χ0n) is 34.6. The van der Waals surface area contributed by atoms with Gasteiger partial charge in [0, 0.05) is 43.9 Å². The van der Waals surface area contributed by atoms with Crippen LogP contribution in [0.1, 0.15) is 51.5 Å². The molecule has 2 atom stereocenters. The molecule has 3 aromatic heterocycles. The third-order valence-electron chi connectivity index (χ3n) is 13.8. The van der Waals surface area contributed by atoms with E-state index in [0.29, 0.717) is 22.9 Å². The van der Waals surface area contributed by atoms with Crippen molar-refractivity contribution in [2.45, 2.75) is 51.4 Å². The lowest BCUT2D eigenvalue weighted by Crippen LogP contribution is -2.42. The van der Waals surface area contributed by atoms with E-state index >= 15 is 0 Å². The van der Waals surface area contributed by atoms with Crippen LogP contribution in [0, 0.1) is 17.8 Å². The molecule has 2 unspecified atom stereocenters. The summed E-state index contributed by atoms with van der Waals surface area (Å²) in [5.41, 5.74) is 12.2. The Morgan fingerprint density at radius 1 is 0.492 bits per heavy atom. The maximum Gasteiger partial charge on any atom is 0.164 e. The van der Waals surface area contributed by atoms with E-state index in [0.717, 1.165) is 67.6 Å². The van der Waals surface area contributed by atoms with Crippen LogP contribution >= 0.6 is 0 Å². The minimum Gasteiger partial charge on any atom is -0.456 e. The van der Waals surface area contributed by atoms with Gasteiger partial charge in [0.15, 0.2) is 17.5 Å². The molecule has 12 rings (SSSR count). The SMILES string of the molecule is CC1CC2CC(C)CC(c3ccc(-c4cccc5c4c4ccc(-c6nc(-c7ccccc7)nc(-c7ccc8oc9ccccc9c8c7)n6)cc4n5-c4ccccc4)cc3)(C1)C2. The van der Waals surface area contributed by atoms with Crippen LogP contribution in [-0.2, 0) is 5.41 Å². The minimum absolute atomic E-state index is 0.305. The maximum absolute atomic E-state index is 6.18. The topological polar surface area (TPSA) is 56.7 Å². The summed E-state index contributed by atoms with van der Waals surface area (Å²) in [5, 5.41) is 4.55. The van der Waals surface area contributed by atoms with E-state index in [2.05, 4.69) is 134 Å². The molecule has 2 aliphatic carbocycles. The second-order valence-corrected chi connectivity index (χ2v) is 18.1. The number of benzene rings is 7. The van der Waals surface area contributed by atoms with Crippen LogP contribution in [0.2, 0.25) is 0 Å². The first-order valence-electron chi connectivity index (χ1n) is 21.9. The maximum atomic E-state index is 6.18. The Hall–Kier alpha value is -6.85. The van der Waals surface area contributed by atoms with E-state index in [-0.39, 0.29) is 0 Å². The molecule has 0 radical (unpaired) electrons. The third kappa shape index (κ3) is 6.09. The largest absolute Gasteiger partial charge is 0.456 e. The van der Waals surface area contributed by atoms with Crippen LogP contribution in [0.25, 0.3) is 94.7 Å². The van der Waals surface area contributed by atoms with Gasteiger partial charge in [-0.2, -0.15) is 0 Å². The van der Waals surface area contributed by atoms with Crippen molar-refractivity contribution in [3.8, 4) is 51.0 Å². The first-order chi connectivity index (χ1) is 30.0. The van der Waals surface area contributed by atoms with Gasteiger partial charge in [0.2, 0.25) is 0 Å². The second-order valence-electron chi connectivity index (χ2n) is 18.1. The van der Waals surface area contributed by atoms with E-state index in [1.807, 2.05) is 48.5 Å². The number of aromatic nitrogens is 4. The predicted octanol–water partition coefficient (Wildman–Crippen LogP) is 14.6. The minimum atomic E-state index is 0.305. The molecule has 2 fully saturated rings. The van der Waals surface area contributed by atoms with Crippen LogP contribution in [0.4, 0.5) is 0 Å². The molecular formula is C56H46N4O. The zero-order valence-corrected chi connectivity index (χ0v) is 34.6. The quantitative estimate of drug-likeness (QED) is 0.168. The lowest BCUT2D eigenvalue weighted by molar-refractivity contribution is 0.0780. The Labute approximate surface area is 355 Å². The molecule has 296 valence electrons. The number of rotatable bonds is 6. The van der Waals surface area contributed by atoms with E-state index in [9.17, 15) is 0 Å². The van der Waals surface area contributed by atoms with Crippen molar-refractivity contribution >= 4 is 43.7 Å². The molecule has 61 heavy (non-hydrogen) atoms. The van der Waals surface area contributed by atoms with Crippen LogP contribution in [0.15, 0.2) is 168 Å².